The van der Waals surface area contributed by atoms with Crippen LogP contribution in [0.2, 0.25) is 0 Å². The molecule has 0 aliphatic carbocycles. The van der Waals surface area contributed by atoms with E-state index < -0.39 is 0 Å². The predicted octanol–water partition coefficient (Wildman–Crippen LogP) is 2.44. The van der Waals surface area contributed by atoms with Crippen LogP contribution in [0.4, 0.5) is 17.1 Å². The second-order valence-electron chi connectivity index (χ2n) is 7.68. The molecule has 1 aliphatic heterocycles. The quantitative estimate of drug-likeness (QED) is 0.479. The summed E-state index contributed by atoms with van der Waals surface area (Å²) in [6.45, 7) is -0.0550. The van der Waals surface area contributed by atoms with Crippen molar-refractivity contribution in [2.24, 2.45) is 0 Å². The number of hydrogen-bond donors (Lipinski definition) is 2. The molecule has 3 amide bonds. The normalized spacial score (nSPS) is 12.6. The molecule has 5 rings (SSSR count). The summed E-state index contributed by atoms with van der Waals surface area (Å²) < 4.78 is 1.53. The number of fused-ring (bicyclic) bond motifs is 1. The van der Waals surface area contributed by atoms with E-state index in [0.29, 0.717) is 22.6 Å². The second-order valence-corrected chi connectivity index (χ2v) is 7.68. The van der Waals surface area contributed by atoms with Crippen molar-refractivity contribution in [3.8, 4) is 5.69 Å². The highest BCUT2D eigenvalue weighted by molar-refractivity contribution is 6.15. The molecule has 0 radical (unpaired) electrons. The lowest BCUT2D eigenvalue weighted by atomic mass is 10.1. The van der Waals surface area contributed by atoms with Crippen molar-refractivity contribution in [3.63, 3.8) is 0 Å². The van der Waals surface area contributed by atoms with E-state index in [1.54, 1.807) is 42.5 Å². The molecular formula is C24H19N7O3. The van der Waals surface area contributed by atoms with Crippen molar-refractivity contribution in [2.75, 3.05) is 22.1 Å². The van der Waals surface area contributed by atoms with Gasteiger partial charge in [0.15, 0.2) is 0 Å². The summed E-state index contributed by atoms with van der Waals surface area (Å²) in [6, 6.07) is 21.1. The first-order chi connectivity index (χ1) is 16.6. The molecule has 2 N–H and O–H groups in total. The second kappa shape index (κ2) is 8.94. The number of carbonyl (C=O) groups excluding carboxylic acids is 3. The fourth-order valence-corrected chi connectivity index (χ4v) is 3.70. The third kappa shape index (κ3) is 4.37. The van der Waals surface area contributed by atoms with Gasteiger partial charge >= 0.3 is 0 Å². The van der Waals surface area contributed by atoms with Gasteiger partial charge in [-0.25, -0.2) is 4.68 Å². The zero-order valence-corrected chi connectivity index (χ0v) is 17.9. The summed E-state index contributed by atoms with van der Waals surface area (Å²) in [5, 5.41) is 16.6. The van der Waals surface area contributed by atoms with E-state index in [2.05, 4.69) is 26.2 Å². The van der Waals surface area contributed by atoms with Crippen molar-refractivity contribution in [1.82, 2.24) is 20.2 Å². The average Bonchev–Trinajstić information content (AvgIpc) is 3.39. The Balaban J connectivity index is 1.23. The van der Waals surface area contributed by atoms with Crippen LogP contribution in [-0.2, 0) is 16.0 Å². The number of anilines is 3. The van der Waals surface area contributed by atoms with Crippen LogP contribution in [0.25, 0.3) is 5.69 Å². The third-order valence-electron chi connectivity index (χ3n) is 5.35. The highest BCUT2D eigenvalue weighted by Crippen LogP contribution is 2.30. The Kier molecular flexibility index (Phi) is 5.53. The minimum atomic E-state index is -0.289. The molecule has 34 heavy (non-hydrogen) atoms. The SMILES string of the molecule is O=C(Cc1ccc(-n2cnnn2)cc1)Nc1ccc(C(=O)N2CC(=O)Nc3ccccc32)cc1. The van der Waals surface area contributed by atoms with Crippen LogP contribution in [0, 0.1) is 0 Å². The maximum Gasteiger partial charge on any atom is 0.258 e. The van der Waals surface area contributed by atoms with Crippen LogP contribution >= 0.6 is 0 Å². The number of nitrogens with one attached hydrogen (secondary N) is 2. The number of para-hydroxylation sites is 2. The van der Waals surface area contributed by atoms with Gasteiger partial charge in [0, 0.05) is 11.3 Å². The molecule has 0 saturated heterocycles. The smallest absolute Gasteiger partial charge is 0.258 e. The van der Waals surface area contributed by atoms with E-state index in [1.807, 2.05) is 30.3 Å². The van der Waals surface area contributed by atoms with E-state index in [0.717, 1.165) is 11.3 Å². The number of aromatic nitrogens is 4. The van der Waals surface area contributed by atoms with Gasteiger partial charge in [0.2, 0.25) is 11.8 Å². The van der Waals surface area contributed by atoms with Crippen LogP contribution < -0.4 is 15.5 Å². The summed E-state index contributed by atoms with van der Waals surface area (Å²) in [5.41, 5.74) is 3.87. The molecule has 168 valence electrons. The number of benzene rings is 3. The van der Waals surface area contributed by atoms with E-state index in [4.69, 9.17) is 0 Å². The van der Waals surface area contributed by atoms with Gasteiger partial charge < -0.3 is 10.6 Å². The van der Waals surface area contributed by atoms with Crippen LogP contribution in [0.15, 0.2) is 79.1 Å². The zero-order chi connectivity index (χ0) is 23.5. The Hall–Kier alpha value is -4.86. The maximum atomic E-state index is 13.0. The number of amides is 3. The highest BCUT2D eigenvalue weighted by Gasteiger charge is 2.27. The Morgan fingerprint density at radius 1 is 0.971 bits per heavy atom. The summed E-state index contributed by atoms with van der Waals surface area (Å²) in [6.07, 6.45) is 1.69. The number of tetrazole rings is 1. The predicted molar refractivity (Wildman–Crippen MR) is 125 cm³/mol. The topological polar surface area (TPSA) is 122 Å². The molecule has 0 spiro atoms. The van der Waals surface area contributed by atoms with Gasteiger partial charge in [-0.3, -0.25) is 19.3 Å². The van der Waals surface area contributed by atoms with Crippen LogP contribution in [-0.4, -0.2) is 44.5 Å². The average molecular weight is 453 g/mol. The molecule has 0 atom stereocenters. The third-order valence-corrected chi connectivity index (χ3v) is 5.35. The summed E-state index contributed by atoms with van der Waals surface area (Å²) >= 11 is 0. The molecule has 1 aromatic heterocycles. The first kappa shape index (κ1) is 21.0. The highest BCUT2D eigenvalue weighted by atomic mass is 16.2. The molecule has 10 heteroatoms. The largest absolute Gasteiger partial charge is 0.326 e. The van der Waals surface area contributed by atoms with Gasteiger partial charge in [0.05, 0.1) is 23.5 Å². The lowest BCUT2D eigenvalue weighted by molar-refractivity contribution is -0.116. The van der Waals surface area contributed by atoms with Gasteiger partial charge in [-0.05, 0) is 64.5 Å². The molecule has 1 aliphatic rings. The summed E-state index contributed by atoms with van der Waals surface area (Å²) in [4.78, 5) is 39.0. The monoisotopic (exact) mass is 453 g/mol. The summed E-state index contributed by atoms with van der Waals surface area (Å²) in [7, 11) is 0. The Labute approximate surface area is 194 Å². The van der Waals surface area contributed by atoms with Crippen molar-refractivity contribution < 1.29 is 14.4 Å². The van der Waals surface area contributed by atoms with Crippen LogP contribution in [0.3, 0.4) is 0 Å². The zero-order valence-electron chi connectivity index (χ0n) is 17.9. The molecule has 2 heterocycles. The molecule has 3 aromatic carbocycles. The van der Waals surface area contributed by atoms with Crippen molar-refractivity contribution in [3.05, 3.63) is 90.3 Å². The minimum Gasteiger partial charge on any atom is -0.326 e. The first-order valence-corrected chi connectivity index (χ1v) is 10.5. The van der Waals surface area contributed by atoms with Gasteiger partial charge in [0.1, 0.15) is 12.9 Å². The van der Waals surface area contributed by atoms with Crippen molar-refractivity contribution >= 4 is 34.8 Å². The fourth-order valence-electron chi connectivity index (χ4n) is 3.70. The standard InChI is InChI=1S/C24H19N7O3/c32-22(13-16-5-11-19(12-6-16)31-15-25-28-29-31)26-18-9-7-17(8-10-18)24(34)30-14-23(33)27-20-3-1-2-4-21(20)30/h1-12,15H,13-14H2,(H,26,32)(H,27,33). The van der Waals surface area contributed by atoms with Gasteiger partial charge in [-0.1, -0.05) is 24.3 Å². The number of rotatable bonds is 5. The van der Waals surface area contributed by atoms with Crippen molar-refractivity contribution in [1.29, 1.82) is 0 Å². The lowest BCUT2D eigenvalue weighted by Crippen LogP contribution is -2.42. The van der Waals surface area contributed by atoms with Gasteiger partial charge in [-0.2, -0.15) is 0 Å². The van der Waals surface area contributed by atoms with E-state index in [9.17, 15) is 14.4 Å². The van der Waals surface area contributed by atoms with Crippen LogP contribution in [0.1, 0.15) is 15.9 Å². The van der Waals surface area contributed by atoms with Crippen LogP contribution in [0.5, 0.6) is 0 Å². The minimum absolute atomic E-state index is 0.0550. The number of nitrogens with zero attached hydrogens (tertiary/aromatic N) is 5. The molecule has 4 aromatic rings. The Bertz CT molecular complexity index is 1350. The molecule has 0 saturated carbocycles. The Morgan fingerprint density at radius 2 is 1.74 bits per heavy atom. The first-order valence-electron chi connectivity index (χ1n) is 10.5. The molecular weight excluding hydrogens is 434 g/mol. The molecule has 0 unspecified atom stereocenters. The summed E-state index contributed by atoms with van der Waals surface area (Å²) in [5.74, 6) is -0.722. The van der Waals surface area contributed by atoms with E-state index in [1.165, 1.54) is 15.9 Å². The van der Waals surface area contributed by atoms with Gasteiger partial charge in [-0.15, -0.1) is 5.10 Å². The molecule has 0 bridgehead atoms. The number of carbonyl (C=O) groups is 3. The number of hydrogen-bond acceptors (Lipinski definition) is 6. The fraction of sp³-hybridized carbons (Fsp3) is 0.0833. The lowest BCUT2D eigenvalue weighted by Gasteiger charge is -2.29. The molecule has 10 nitrogen and oxygen atoms in total. The van der Waals surface area contributed by atoms with Gasteiger partial charge in [0.25, 0.3) is 5.91 Å². The molecule has 0 fully saturated rings. The Morgan fingerprint density at radius 3 is 2.47 bits per heavy atom. The van der Waals surface area contributed by atoms with Crippen molar-refractivity contribution in [2.45, 2.75) is 6.42 Å². The van der Waals surface area contributed by atoms with E-state index >= 15 is 0 Å². The maximum absolute atomic E-state index is 13.0. The van der Waals surface area contributed by atoms with E-state index in [-0.39, 0.29) is 30.7 Å².